The second-order valence-electron chi connectivity index (χ2n) is 4.66. The molecule has 0 atom stereocenters. The van der Waals surface area contributed by atoms with Gasteiger partial charge in [0, 0.05) is 17.8 Å². The minimum absolute atomic E-state index is 0.00987. The van der Waals surface area contributed by atoms with Gasteiger partial charge in [-0.15, -0.1) is 0 Å². The molecular weight excluding hydrogens is 204 g/mol. The molecule has 0 aliphatic carbocycles. The quantitative estimate of drug-likeness (QED) is 0.818. The van der Waals surface area contributed by atoms with Gasteiger partial charge in [-0.2, -0.15) is 0 Å². The van der Waals surface area contributed by atoms with Crippen LogP contribution in [0.1, 0.15) is 19.4 Å². The normalized spacial score (nSPS) is 11.9. The minimum atomic E-state index is -0.0447. The third-order valence-electron chi connectivity index (χ3n) is 2.77. The molecule has 0 aliphatic rings. The van der Waals surface area contributed by atoms with Crippen molar-refractivity contribution in [3.8, 4) is 5.88 Å². The molecular formula is C12H20N2O2. The molecule has 0 aromatic carbocycles. The van der Waals surface area contributed by atoms with Crippen LogP contribution in [0.3, 0.4) is 0 Å². The Morgan fingerprint density at radius 1 is 1.44 bits per heavy atom. The van der Waals surface area contributed by atoms with Crippen molar-refractivity contribution in [1.82, 2.24) is 9.88 Å². The first-order valence-corrected chi connectivity index (χ1v) is 5.32. The molecule has 1 aromatic rings. The van der Waals surface area contributed by atoms with Gasteiger partial charge in [0.05, 0.1) is 6.61 Å². The van der Waals surface area contributed by atoms with Crippen molar-refractivity contribution in [1.29, 1.82) is 0 Å². The number of ether oxygens (including phenoxy) is 1. The zero-order valence-electron chi connectivity index (χ0n) is 10.4. The molecule has 1 heterocycles. The number of likely N-dealkylation sites (N-methyl/N-ethyl adjacent to an activating group) is 1. The van der Waals surface area contributed by atoms with Gasteiger partial charge in [0.1, 0.15) is 6.61 Å². The number of hydrogen-bond acceptors (Lipinski definition) is 4. The fraction of sp³-hybridized carbons (Fsp3) is 0.583. The van der Waals surface area contributed by atoms with E-state index in [9.17, 15) is 0 Å². The van der Waals surface area contributed by atoms with E-state index >= 15 is 0 Å². The first-order chi connectivity index (χ1) is 7.45. The summed E-state index contributed by atoms with van der Waals surface area (Å²) in [5.74, 6) is 0.557. The largest absolute Gasteiger partial charge is 0.476 e. The molecule has 90 valence electrons. The van der Waals surface area contributed by atoms with Gasteiger partial charge < -0.3 is 14.7 Å². The molecule has 1 rings (SSSR count). The summed E-state index contributed by atoms with van der Waals surface area (Å²) in [5.41, 5.74) is 0.768. The van der Waals surface area contributed by atoms with Crippen molar-refractivity contribution in [2.45, 2.75) is 26.0 Å². The van der Waals surface area contributed by atoms with Gasteiger partial charge in [-0.3, -0.25) is 0 Å². The molecule has 1 aromatic heterocycles. The Kier molecular flexibility index (Phi) is 4.26. The highest BCUT2D eigenvalue weighted by Gasteiger charge is 2.21. The zero-order valence-corrected chi connectivity index (χ0v) is 10.4. The van der Waals surface area contributed by atoms with E-state index in [0.717, 1.165) is 5.56 Å². The van der Waals surface area contributed by atoms with E-state index in [-0.39, 0.29) is 12.1 Å². The number of hydrogen-bond donors (Lipinski definition) is 1. The summed E-state index contributed by atoms with van der Waals surface area (Å²) in [4.78, 5) is 6.20. The van der Waals surface area contributed by atoms with Crippen LogP contribution in [-0.2, 0) is 6.61 Å². The number of nitrogens with zero attached hydrogens (tertiary/aromatic N) is 2. The molecule has 0 radical (unpaired) electrons. The van der Waals surface area contributed by atoms with Crippen LogP contribution in [0.25, 0.3) is 0 Å². The third kappa shape index (κ3) is 3.47. The topological polar surface area (TPSA) is 45.6 Å². The summed E-state index contributed by atoms with van der Waals surface area (Å²) < 4.78 is 5.61. The van der Waals surface area contributed by atoms with Crippen molar-refractivity contribution >= 4 is 0 Å². The number of rotatable bonds is 5. The van der Waals surface area contributed by atoms with E-state index in [2.05, 4.69) is 23.7 Å². The predicted molar refractivity (Wildman–Crippen MR) is 63.4 cm³/mol. The smallest absolute Gasteiger partial charge is 0.213 e. The van der Waals surface area contributed by atoms with E-state index < -0.39 is 0 Å². The highest BCUT2D eigenvalue weighted by Crippen LogP contribution is 2.14. The summed E-state index contributed by atoms with van der Waals surface area (Å²) >= 11 is 0. The van der Waals surface area contributed by atoms with Crippen molar-refractivity contribution in [3.05, 3.63) is 23.9 Å². The van der Waals surface area contributed by atoms with Crippen molar-refractivity contribution < 1.29 is 9.84 Å². The Balaban J connectivity index is 2.60. The van der Waals surface area contributed by atoms with Crippen molar-refractivity contribution in [2.24, 2.45) is 0 Å². The first-order valence-electron chi connectivity index (χ1n) is 5.32. The predicted octanol–water partition coefficient (Wildman–Crippen LogP) is 1.29. The van der Waals surface area contributed by atoms with Crippen LogP contribution in [0.4, 0.5) is 0 Å². The monoisotopic (exact) mass is 224 g/mol. The lowest BCUT2D eigenvalue weighted by Crippen LogP contribution is -2.43. The fourth-order valence-electron chi connectivity index (χ4n) is 1.01. The first kappa shape index (κ1) is 12.9. The molecule has 0 saturated carbocycles. The summed E-state index contributed by atoms with van der Waals surface area (Å²) in [6.45, 7) is 4.77. The Hall–Kier alpha value is -1.13. The van der Waals surface area contributed by atoms with Gasteiger partial charge >= 0.3 is 0 Å². The van der Waals surface area contributed by atoms with Gasteiger partial charge in [0.25, 0.3) is 0 Å². The van der Waals surface area contributed by atoms with Crippen LogP contribution in [0.2, 0.25) is 0 Å². The molecule has 1 N–H and O–H groups in total. The molecule has 4 nitrogen and oxygen atoms in total. The SMILES string of the molecule is CN(C)C(C)(C)COc1cc(CO)ccn1. The summed E-state index contributed by atoms with van der Waals surface area (Å²) in [6, 6.07) is 3.52. The van der Waals surface area contributed by atoms with Gasteiger partial charge in [-0.05, 0) is 39.6 Å². The lowest BCUT2D eigenvalue weighted by atomic mass is 10.1. The van der Waals surface area contributed by atoms with Gasteiger partial charge in [0.15, 0.2) is 0 Å². The zero-order chi connectivity index (χ0) is 12.2. The maximum absolute atomic E-state index is 8.99. The van der Waals surface area contributed by atoms with Gasteiger partial charge in [0.2, 0.25) is 5.88 Å². The Morgan fingerprint density at radius 3 is 2.69 bits per heavy atom. The fourth-order valence-corrected chi connectivity index (χ4v) is 1.01. The highest BCUT2D eigenvalue weighted by atomic mass is 16.5. The third-order valence-corrected chi connectivity index (χ3v) is 2.77. The standard InChI is InChI=1S/C12H20N2O2/c1-12(2,14(3)4)9-16-11-7-10(8-15)5-6-13-11/h5-7,15H,8-9H2,1-4H3. The van der Waals surface area contributed by atoms with Crippen LogP contribution in [0.15, 0.2) is 18.3 Å². The van der Waals surface area contributed by atoms with E-state index in [1.807, 2.05) is 14.1 Å². The van der Waals surface area contributed by atoms with Crippen LogP contribution in [0.5, 0.6) is 5.88 Å². The van der Waals surface area contributed by atoms with Gasteiger partial charge in [-0.1, -0.05) is 0 Å². The molecule has 16 heavy (non-hydrogen) atoms. The lowest BCUT2D eigenvalue weighted by molar-refractivity contribution is 0.111. The average Bonchev–Trinajstić information content (AvgIpc) is 2.26. The Bertz CT molecular complexity index is 338. The number of aliphatic hydroxyl groups excluding tert-OH is 1. The molecule has 0 unspecified atom stereocenters. The Labute approximate surface area is 96.9 Å². The molecule has 4 heteroatoms. The van der Waals surface area contributed by atoms with Crippen molar-refractivity contribution in [2.75, 3.05) is 20.7 Å². The maximum atomic E-state index is 8.99. The summed E-state index contributed by atoms with van der Waals surface area (Å²) in [6.07, 6.45) is 1.64. The van der Waals surface area contributed by atoms with E-state index in [1.54, 1.807) is 18.3 Å². The number of aromatic nitrogens is 1. The van der Waals surface area contributed by atoms with Crippen LogP contribution in [0, 0.1) is 0 Å². The molecule has 0 aliphatic heterocycles. The highest BCUT2D eigenvalue weighted by molar-refractivity contribution is 5.19. The van der Waals surface area contributed by atoms with E-state index in [1.165, 1.54) is 0 Å². The van der Waals surface area contributed by atoms with Crippen LogP contribution in [-0.4, -0.2) is 41.2 Å². The summed E-state index contributed by atoms with van der Waals surface area (Å²) in [7, 11) is 4.03. The molecule has 0 amide bonds. The second-order valence-corrected chi connectivity index (χ2v) is 4.66. The number of aliphatic hydroxyl groups is 1. The maximum Gasteiger partial charge on any atom is 0.213 e. The average molecular weight is 224 g/mol. The van der Waals surface area contributed by atoms with E-state index in [0.29, 0.717) is 12.5 Å². The Morgan fingerprint density at radius 2 is 2.12 bits per heavy atom. The van der Waals surface area contributed by atoms with Crippen LogP contribution < -0.4 is 4.74 Å². The van der Waals surface area contributed by atoms with Gasteiger partial charge in [-0.25, -0.2) is 4.98 Å². The second kappa shape index (κ2) is 5.27. The lowest BCUT2D eigenvalue weighted by Gasteiger charge is -2.31. The van der Waals surface area contributed by atoms with Crippen molar-refractivity contribution in [3.63, 3.8) is 0 Å². The molecule has 0 spiro atoms. The molecule has 0 bridgehead atoms. The summed E-state index contributed by atoms with van der Waals surface area (Å²) in [5, 5.41) is 8.99. The van der Waals surface area contributed by atoms with Crippen LogP contribution >= 0.6 is 0 Å². The number of pyridine rings is 1. The minimum Gasteiger partial charge on any atom is -0.476 e. The van der Waals surface area contributed by atoms with E-state index in [4.69, 9.17) is 9.84 Å². The molecule has 0 fully saturated rings. The molecule has 0 saturated heterocycles.